The number of carbonyl (C=O) groups excluding carboxylic acids is 1. The summed E-state index contributed by atoms with van der Waals surface area (Å²) in [6.45, 7) is 0. The highest BCUT2D eigenvalue weighted by atomic mass is 32.1. The van der Waals surface area contributed by atoms with Crippen molar-refractivity contribution in [2.45, 2.75) is 0 Å². The minimum absolute atomic E-state index is 0.292. The molecule has 2 heterocycles. The minimum Gasteiger partial charge on any atom is -0.364 e. The number of nitrogens with two attached hydrogens (primary N) is 1. The molecule has 2 aromatic heterocycles. The summed E-state index contributed by atoms with van der Waals surface area (Å²) in [5.41, 5.74) is 6.46. The molecule has 3 rings (SSSR count). The molecule has 88 valence electrons. The van der Waals surface area contributed by atoms with Crippen molar-refractivity contribution in [2.24, 2.45) is 5.73 Å². The fourth-order valence-electron chi connectivity index (χ4n) is 1.81. The highest BCUT2D eigenvalue weighted by Crippen LogP contribution is 2.32. The Balaban J connectivity index is 2.06. The summed E-state index contributed by atoms with van der Waals surface area (Å²) < 4.78 is 1.24. The third kappa shape index (κ3) is 1.87. The van der Waals surface area contributed by atoms with Crippen LogP contribution >= 0.6 is 11.3 Å². The zero-order valence-corrected chi connectivity index (χ0v) is 10.3. The van der Waals surface area contributed by atoms with Crippen molar-refractivity contribution in [1.29, 1.82) is 0 Å². The van der Waals surface area contributed by atoms with Crippen molar-refractivity contribution in [3.8, 4) is 10.4 Å². The van der Waals surface area contributed by atoms with Crippen molar-refractivity contribution >= 4 is 27.3 Å². The maximum atomic E-state index is 11.0. The zero-order chi connectivity index (χ0) is 12.5. The molecule has 0 bridgehead atoms. The number of hydrogen-bond acceptors (Lipinski definition) is 3. The van der Waals surface area contributed by atoms with Crippen molar-refractivity contribution in [3.05, 3.63) is 54.4 Å². The van der Waals surface area contributed by atoms with Crippen LogP contribution in [0.4, 0.5) is 0 Å². The van der Waals surface area contributed by atoms with Gasteiger partial charge in [-0.25, -0.2) is 0 Å². The van der Waals surface area contributed by atoms with Gasteiger partial charge in [0.25, 0.3) is 5.91 Å². The molecule has 3 nitrogen and oxygen atoms in total. The van der Waals surface area contributed by atoms with E-state index in [1.54, 1.807) is 23.6 Å². The normalized spacial score (nSPS) is 10.7. The van der Waals surface area contributed by atoms with Crippen LogP contribution in [-0.4, -0.2) is 10.9 Å². The number of amides is 1. The second-order valence-corrected chi connectivity index (χ2v) is 5.03. The summed E-state index contributed by atoms with van der Waals surface area (Å²) in [6.07, 6.45) is 1.69. The van der Waals surface area contributed by atoms with Crippen molar-refractivity contribution in [2.75, 3.05) is 0 Å². The summed E-state index contributed by atoms with van der Waals surface area (Å²) in [5, 5.41) is 1.22. The van der Waals surface area contributed by atoms with Gasteiger partial charge in [-0.15, -0.1) is 11.3 Å². The Morgan fingerprint density at radius 3 is 2.67 bits per heavy atom. The number of benzene rings is 1. The number of carbonyl (C=O) groups is 1. The lowest BCUT2D eigenvalue weighted by Crippen LogP contribution is -2.12. The van der Waals surface area contributed by atoms with Gasteiger partial charge in [0.1, 0.15) is 5.69 Å². The quantitative estimate of drug-likeness (QED) is 0.764. The molecule has 1 aromatic carbocycles. The van der Waals surface area contributed by atoms with Crippen LogP contribution in [0.3, 0.4) is 0 Å². The topological polar surface area (TPSA) is 56.0 Å². The molecule has 2 N–H and O–H groups in total. The van der Waals surface area contributed by atoms with Gasteiger partial charge >= 0.3 is 0 Å². The van der Waals surface area contributed by atoms with Gasteiger partial charge in [-0.05, 0) is 29.7 Å². The van der Waals surface area contributed by atoms with Gasteiger partial charge in [-0.1, -0.05) is 18.2 Å². The molecule has 0 fully saturated rings. The monoisotopic (exact) mass is 254 g/mol. The van der Waals surface area contributed by atoms with Crippen LogP contribution in [0.15, 0.2) is 48.7 Å². The van der Waals surface area contributed by atoms with E-state index in [0.717, 1.165) is 10.4 Å². The number of rotatable bonds is 2. The Hall–Kier alpha value is -2.20. The van der Waals surface area contributed by atoms with Gasteiger partial charge in [-0.2, -0.15) is 0 Å². The van der Waals surface area contributed by atoms with Gasteiger partial charge in [0, 0.05) is 21.3 Å². The Morgan fingerprint density at radius 2 is 2.00 bits per heavy atom. The summed E-state index contributed by atoms with van der Waals surface area (Å²) in [4.78, 5) is 16.1. The van der Waals surface area contributed by atoms with E-state index in [-0.39, 0.29) is 0 Å². The first-order chi connectivity index (χ1) is 8.74. The number of pyridine rings is 1. The number of primary amides is 1. The molecule has 0 spiro atoms. The van der Waals surface area contributed by atoms with E-state index in [1.165, 1.54) is 10.1 Å². The first-order valence-electron chi connectivity index (χ1n) is 5.49. The number of aromatic nitrogens is 1. The van der Waals surface area contributed by atoms with E-state index in [0.29, 0.717) is 5.69 Å². The summed E-state index contributed by atoms with van der Waals surface area (Å²) in [7, 11) is 0. The SMILES string of the molecule is NC(=O)c1ccc(-c2cc3ccccc3s2)cn1. The number of hydrogen-bond donors (Lipinski definition) is 1. The molecule has 0 aliphatic heterocycles. The Morgan fingerprint density at radius 1 is 1.17 bits per heavy atom. The predicted molar refractivity (Wildman–Crippen MR) is 73.6 cm³/mol. The first kappa shape index (κ1) is 10.9. The van der Waals surface area contributed by atoms with Gasteiger partial charge in [0.15, 0.2) is 0 Å². The molecular weight excluding hydrogens is 244 g/mol. The maximum Gasteiger partial charge on any atom is 0.267 e. The third-order valence-electron chi connectivity index (χ3n) is 2.73. The van der Waals surface area contributed by atoms with Crippen LogP contribution in [0, 0.1) is 0 Å². The fourth-order valence-corrected chi connectivity index (χ4v) is 2.86. The maximum absolute atomic E-state index is 11.0. The van der Waals surface area contributed by atoms with E-state index >= 15 is 0 Å². The molecule has 0 radical (unpaired) electrons. The van der Waals surface area contributed by atoms with E-state index in [9.17, 15) is 4.79 Å². The van der Waals surface area contributed by atoms with Crippen molar-refractivity contribution < 1.29 is 4.79 Å². The summed E-state index contributed by atoms with van der Waals surface area (Å²) >= 11 is 1.71. The van der Waals surface area contributed by atoms with Crippen molar-refractivity contribution in [1.82, 2.24) is 4.98 Å². The predicted octanol–water partition coefficient (Wildman–Crippen LogP) is 3.06. The number of nitrogens with zero attached hydrogens (tertiary/aromatic N) is 1. The first-order valence-corrected chi connectivity index (χ1v) is 6.30. The molecule has 0 saturated heterocycles. The van der Waals surface area contributed by atoms with E-state index in [1.807, 2.05) is 18.2 Å². The van der Waals surface area contributed by atoms with E-state index < -0.39 is 5.91 Å². The molecule has 18 heavy (non-hydrogen) atoms. The van der Waals surface area contributed by atoms with Gasteiger partial charge < -0.3 is 5.73 Å². The smallest absolute Gasteiger partial charge is 0.267 e. The van der Waals surface area contributed by atoms with Gasteiger partial charge in [0.2, 0.25) is 0 Å². The molecule has 1 amide bonds. The van der Waals surface area contributed by atoms with Gasteiger partial charge in [0.05, 0.1) is 0 Å². The van der Waals surface area contributed by atoms with Crippen molar-refractivity contribution in [3.63, 3.8) is 0 Å². The average molecular weight is 254 g/mol. The van der Waals surface area contributed by atoms with Crippen LogP contribution in [0.5, 0.6) is 0 Å². The second kappa shape index (κ2) is 4.23. The molecule has 0 atom stereocenters. The Labute approximate surface area is 108 Å². The van der Waals surface area contributed by atoms with Gasteiger partial charge in [-0.3, -0.25) is 9.78 Å². The lowest BCUT2D eigenvalue weighted by atomic mass is 10.2. The second-order valence-electron chi connectivity index (χ2n) is 3.94. The molecule has 0 saturated carbocycles. The zero-order valence-electron chi connectivity index (χ0n) is 9.46. The molecule has 0 unspecified atom stereocenters. The minimum atomic E-state index is -0.502. The van der Waals surface area contributed by atoms with Crippen LogP contribution in [-0.2, 0) is 0 Å². The largest absolute Gasteiger partial charge is 0.364 e. The number of thiophene rings is 1. The van der Waals surface area contributed by atoms with Crippen LogP contribution in [0.2, 0.25) is 0 Å². The summed E-state index contributed by atoms with van der Waals surface area (Å²) in [5.74, 6) is -0.502. The van der Waals surface area contributed by atoms with E-state index in [2.05, 4.69) is 23.2 Å². The number of fused-ring (bicyclic) bond motifs is 1. The molecule has 0 aliphatic rings. The highest BCUT2D eigenvalue weighted by molar-refractivity contribution is 7.22. The highest BCUT2D eigenvalue weighted by Gasteiger charge is 2.06. The molecule has 4 heteroatoms. The molecule has 3 aromatic rings. The summed E-state index contributed by atoms with van der Waals surface area (Å²) in [6, 6.07) is 13.9. The standard InChI is InChI=1S/C14H10N2OS/c15-14(17)11-6-5-10(8-16-11)13-7-9-3-1-2-4-12(9)18-13/h1-8H,(H2,15,17). The van der Waals surface area contributed by atoms with Crippen LogP contribution < -0.4 is 5.73 Å². The molecular formula is C14H10N2OS. The third-order valence-corrected chi connectivity index (χ3v) is 3.89. The molecule has 0 aliphatic carbocycles. The Bertz CT molecular complexity index is 683. The lowest BCUT2D eigenvalue weighted by molar-refractivity contribution is 0.0995. The Kier molecular flexibility index (Phi) is 2.57. The lowest BCUT2D eigenvalue weighted by Gasteiger charge is -1.97. The van der Waals surface area contributed by atoms with E-state index in [4.69, 9.17) is 5.73 Å². The van der Waals surface area contributed by atoms with Crippen LogP contribution in [0.1, 0.15) is 10.5 Å². The average Bonchev–Trinajstić information content (AvgIpc) is 2.82. The fraction of sp³-hybridized carbons (Fsp3) is 0. The van der Waals surface area contributed by atoms with Crippen LogP contribution in [0.25, 0.3) is 20.5 Å².